The molecule has 0 aliphatic carbocycles. The number of piperazine rings is 1. The van der Waals surface area contributed by atoms with Gasteiger partial charge < -0.3 is 14.5 Å². The maximum Gasteiger partial charge on any atom is 0.257 e. The number of benzene rings is 1. The number of anilines is 1. The molecular formula is C21H23ClN6O2. The van der Waals surface area contributed by atoms with Gasteiger partial charge in [-0.15, -0.1) is 10.2 Å². The zero-order chi connectivity index (χ0) is 21.3. The average Bonchev–Trinajstić information content (AvgIpc) is 3.11. The number of amides is 1. The zero-order valence-electron chi connectivity index (χ0n) is 17.2. The van der Waals surface area contributed by atoms with E-state index in [0.29, 0.717) is 48.3 Å². The summed E-state index contributed by atoms with van der Waals surface area (Å²) in [5.41, 5.74) is 2.43. The molecule has 2 aromatic heterocycles. The molecule has 8 nitrogen and oxygen atoms in total. The third-order valence-corrected chi connectivity index (χ3v) is 5.38. The first-order valence-electron chi connectivity index (χ1n) is 9.71. The lowest BCUT2D eigenvalue weighted by Gasteiger charge is -2.35. The van der Waals surface area contributed by atoms with Gasteiger partial charge in [0.1, 0.15) is 5.75 Å². The van der Waals surface area contributed by atoms with E-state index in [2.05, 4.69) is 20.2 Å². The summed E-state index contributed by atoms with van der Waals surface area (Å²) in [7, 11) is 1.55. The molecular weight excluding hydrogens is 404 g/mol. The largest absolute Gasteiger partial charge is 0.496 e. The van der Waals surface area contributed by atoms with Gasteiger partial charge in [-0.05, 0) is 50.2 Å². The van der Waals surface area contributed by atoms with E-state index in [4.69, 9.17) is 16.3 Å². The molecule has 1 amide bonds. The van der Waals surface area contributed by atoms with Gasteiger partial charge in [0.2, 0.25) is 0 Å². The molecule has 0 saturated carbocycles. The first kappa shape index (κ1) is 20.2. The third kappa shape index (κ3) is 3.95. The fraction of sp³-hybridized carbons (Fsp3) is 0.333. The molecule has 9 heteroatoms. The summed E-state index contributed by atoms with van der Waals surface area (Å²) in [6.07, 6.45) is 0. The SMILES string of the molecule is COc1ccc(Cl)cc1C(=O)N1CCN(c2ccc(-n3nc(C)cc3C)nn2)CC1. The predicted molar refractivity (Wildman–Crippen MR) is 115 cm³/mol. The van der Waals surface area contributed by atoms with Crippen molar-refractivity contribution >= 4 is 23.3 Å². The van der Waals surface area contributed by atoms with Crippen molar-refractivity contribution < 1.29 is 9.53 Å². The van der Waals surface area contributed by atoms with Crippen molar-refractivity contribution in [1.29, 1.82) is 0 Å². The van der Waals surface area contributed by atoms with E-state index in [1.54, 1.807) is 30.0 Å². The number of hydrogen-bond acceptors (Lipinski definition) is 6. The van der Waals surface area contributed by atoms with Crippen molar-refractivity contribution in [2.24, 2.45) is 0 Å². The lowest BCUT2D eigenvalue weighted by molar-refractivity contribution is 0.0743. The predicted octanol–water partition coefficient (Wildman–Crippen LogP) is 2.90. The van der Waals surface area contributed by atoms with E-state index in [1.807, 2.05) is 36.9 Å². The lowest BCUT2D eigenvalue weighted by atomic mass is 10.1. The van der Waals surface area contributed by atoms with Crippen LogP contribution in [0.5, 0.6) is 5.75 Å². The van der Waals surface area contributed by atoms with Gasteiger partial charge in [-0.1, -0.05) is 11.6 Å². The summed E-state index contributed by atoms with van der Waals surface area (Å²) >= 11 is 6.07. The van der Waals surface area contributed by atoms with Crippen LogP contribution < -0.4 is 9.64 Å². The number of carbonyl (C=O) groups excluding carboxylic acids is 1. The molecule has 1 saturated heterocycles. The Hall–Kier alpha value is -3.13. The number of rotatable bonds is 4. The highest BCUT2D eigenvalue weighted by Gasteiger charge is 2.25. The molecule has 0 N–H and O–H groups in total. The van der Waals surface area contributed by atoms with Gasteiger partial charge in [-0.25, -0.2) is 4.68 Å². The lowest BCUT2D eigenvalue weighted by Crippen LogP contribution is -2.49. The van der Waals surface area contributed by atoms with Crippen LogP contribution in [0.25, 0.3) is 5.82 Å². The number of hydrogen-bond donors (Lipinski definition) is 0. The van der Waals surface area contributed by atoms with Crippen LogP contribution in [0, 0.1) is 13.8 Å². The van der Waals surface area contributed by atoms with Crippen LogP contribution in [-0.4, -0.2) is 64.1 Å². The first-order valence-corrected chi connectivity index (χ1v) is 10.1. The molecule has 1 aliphatic rings. The number of methoxy groups -OCH3 is 1. The number of halogens is 1. The Bertz CT molecular complexity index is 1060. The van der Waals surface area contributed by atoms with Crippen molar-refractivity contribution in [1.82, 2.24) is 24.9 Å². The van der Waals surface area contributed by atoms with Crippen LogP contribution in [0.4, 0.5) is 5.82 Å². The average molecular weight is 427 g/mol. The molecule has 156 valence electrons. The van der Waals surface area contributed by atoms with Crippen LogP contribution in [0.2, 0.25) is 5.02 Å². The van der Waals surface area contributed by atoms with E-state index < -0.39 is 0 Å². The van der Waals surface area contributed by atoms with Gasteiger partial charge in [0.25, 0.3) is 5.91 Å². The number of carbonyl (C=O) groups is 1. The summed E-state index contributed by atoms with van der Waals surface area (Å²) in [5, 5.41) is 13.6. The number of nitrogens with zero attached hydrogens (tertiary/aromatic N) is 6. The second-order valence-corrected chi connectivity index (χ2v) is 7.65. The van der Waals surface area contributed by atoms with E-state index in [1.165, 1.54) is 0 Å². The minimum atomic E-state index is -0.0834. The first-order chi connectivity index (χ1) is 14.5. The molecule has 30 heavy (non-hydrogen) atoms. The fourth-order valence-electron chi connectivity index (χ4n) is 3.62. The van der Waals surface area contributed by atoms with Crippen LogP contribution in [0.15, 0.2) is 36.4 Å². The second kappa shape index (κ2) is 8.31. The highest BCUT2D eigenvalue weighted by Crippen LogP contribution is 2.25. The van der Waals surface area contributed by atoms with Crippen LogP contribution in [-0.2, 0) is 0 Å². The van der Waals surface area contributed by atoms with Crippen molar-refractivity contribution in [3.8, 4) is 11.6 Å². The Morgan fingerprint density at radius 3 is 2.30 bits per heavy atom. The van der Waals surface area contributed by atoms with E-state index in [-0.39, 0.29) is 5.91 Å². The number of ether oxygens (including phenoxy) is 1. The Balaban J connectivity index is 1.43. The molecule has 3 aromatic rings. The van der Waals surface area contributed by atoms with Crippen molar-refractivity contribution in [3.05, 3.63) is 58.4 Å². The van der Waals surface area contributed by atoms with Crippen molar-refractivity contribution in [2.45, 2.75) is 13.8 Å². The molecule has 1 aliphatic heterocycles. The number of aromatic nitrogens is 4. The van der Waals surface area contributed by atoms with E-state index in [9.17, 15) is 4.79 Å². The van der Waals surface area contributed by atoms with Crippen LogP contribution >= 0.6 is 11.6 Å². The molecule has 3 heterocycles. The molecule has 1 fully saturated rings. The Labute approximate surface area is 180 Å². The molecule has 1 aromatic carbocycles. The third-order valence-electron chi connectivity index (χ3n) is 5.15. The van der Waals surface area contributed by atoms with Gasteiger partial charge in [0, 0.05) is 36.9 Å². The van der Waals surface area contributed by atoms with Crippen molar-refractivity contribution in [3.63, 3.8) is 0 Å². The Kier molecular flexibility index (Phi) is 5.59. The fourth-order valence-corrected chi connectivity index (χ4v) is 3.79. The maximum atomic E-state index is 12.9. The maximum absolute atomic E-state index is 12.9. The number of aryl methyl sites for hydroxylation is 2. The summed E-state index contributed by atoms with van der Waals surface area (Å²) in [6.45, 7) is 6.43. The Morgan fingerprint density at radius 1 is 1.00 bits per heavy atom. The van der Waals surface area contributed by atoms with E-state index in [0.717, 1.165) is 17.2 Å². The molecule has 0 radical (unpaired) electrons. The normalized spacial score (nSPS) is 14.1. The minimum Gasteiger partial charge on any atom is -0.496 e. The quantitative estimate of drug-likeness (QED) is 0.638. The Morgan fingerprint density at radius 2 is 1.70 bits per heavy atom. The van der Waals surface area contributed by atoms with Crippen LogP contribution in [0.1, 0.15) is 21.7 Å². The summed E-state index contributed by atoms with van der Waals surface area (Å²) in [6, 6.07) is 10.9. The zero-order valence-corrected chi connectivity index (χ0v) is 17.9. The van der Waals surface area contributed by atoms with E-state index >= 15 is 0 Å². The second-order valence-electron chi connectivity index (χ2n) is 7.21. The summed E-state index contributed by atoms with van der Waals surface area (Å²) < 4.78 is 7.10. The van der Waals surface area contributed by atoms with Gasteiger partial charge in [0.05, 0.1) is 18.4 Å². The van der Waals surface area contributed by atoms with Gasteiger partial charge in [-0.3, -0.25) is 4.79 Å². The highest BCUT2D eigenvalue weighted by molar-refractivity contribution is 6.31. The topological polar surface area (TPSA) is 76.4 Å². The molecule has 0 atom stereocenters. The molecule has 4 rings (SSSR count). The van der Waals surface area contributed by atoms with Gasteiger partial charge in [0.15, 0.2) is 11.6 Å². The van der Waals surface area contributed by atoms with Crippen molar-refractivity contribution in [2.75, 3.05) is 38.2 Å². The summed E-state index contributed by atoms with van der Waals surface area (Å²) in [5.74, 6) is 1.91. The van der Waals surface area contributed by atoms with Gasteiger partial charge in [-0.2, -0.15) is 5.10 Å². The standard InChI is InChI=1S/C21H23ClN6O2/c1-14-12-15(2)28(25-14)20-7-6-19(23-24-20)26-8-10-27(11-9-26)21(29)17-13-16(22)4-5-18(17)30-3/h4-7,12-13H,8-11H2,1-3H3. The monoisotopic (exact) mass is 426 g/mol. The molecule has 0 spiro atoms. The summed E-state index contributed by atoms with van der Waals surface area (Å²) in [4.78, 5) is 16.9. The minimum absolute atomic E-state index is 0.0834. The van der Waals surface area contributed by atoms with Crippen LogP contribution in [0.3, 0.4) is 0 Å². The highest BCUT2D eigenvalue weighted by atomic mass is 35.5. The smallest absolute Gasteiger partial charge is 0.257 e. The molecule has 0 unspecified atom stereocenters. The van der Waals surface area contributed by atoms with Gasteiger partial charge >= 0.3 is 0 Å². The molecule has 0 bridgehead atoms.